The zero-order valence-corrected chi connectivity index (χ0v) is 16.3. The maximum atomic E-state index is 13.2. The monoisotopic (exact) mass is 375 g/mol. The fraction of sp³-hybridized carbons (Fsp3) is 0.400. The highest BCUT2D eigenvalue weighted by Gasteiger charge is 2.32. The number of ether oxygens (including phenoxy) is 2. The molecule has 5 nitrogen and oxygen atoms in total. The average Bonchev–Trinajstić information content (AvgIpc) is 2.65. The van der Waals surface area contributed by atoms with E-state index < -0.39 is 10.0 Å². The summed E-state index contributed by atoms with van der Waals surface area (Å²) in [6, 6.07) is 13.1. The number of sulfonamides is 1. The SMILES string of the molecule is CCOc1c(C)cc(S(=O)(=O)N2CCOC(c3ccccc3)C2)cc1C. The topological polar surface area (TPSA) is 55.8 Å². The molecule has 0 spiro atoms. The molecule has 0 aromatic heterocycles. The van der Waals surface area contributed by atoms with Gasteiger partial charge in [-0.15, -0.1) is 0 Å². The van der Waals surface area contributed by atoms with E-state index in [1.165, 1.54) is 4.31 Å². The number of hydrogen-bond donors (Lipinski definition) is 0. The molecule has 0 amide bonds. The maximum Gasteiger partial charge on any atom is 0.243 e. The van der Waals surface area contributed by atoms with Gasteiger partial charge in [-0.1, -0.05) is 30.3 Å². The lowest BCUT2D eigenvalue weighted by Crippen LogP contribution is -2.42. The number of aryl methyl sites for hydroxylation is 2. The third-order valence-electron chi connectivity index (χ3n) is 4.56. The van der Waals surface area contributed by atoms with Gasteiger partial charge in [0.2, 0.25) is 10.0 Å². The van der Waals surface area contributed by atoms with Crippen molar-refractivity contribution in [3.05, 3.63) is 59.2 Å². The van der Waals surface area contributed by atoms with Gasteiger partial charge in [0.25, 0.3) is 0 Å². The van der Waals surface area contributed by atoms with Crippen LogP contribution in [0.3, 0.4) is 0 Å². The van der Waals surface area contributed by atoms with E-state index in [1.807, 2.05) is 51.1 Å². The number of benzene rings is 2. The predicted octanol–water partition coefficient (Wildman–Crippen LogP) is 3.46. The Morgan fingerprint density at radius 1 is 1.15 bits per heavy atom. The van der Waals surface area contributed by atoms with E-state index in [1.54, 1.807) is 12.1 Å². The van der Waals surface area contributed by atoms with Gasteiger partial charge in [-0.05, 0) is 49.6 Å². The van der Waals surface area contributed by atoms with Gasteiger partial charge < -0.3 is 9.47 Å². The van der Waals surface area contributed by atoms with Gasteiger partial charge in [0, 0.05) is 13.1 Å². The molecule has 1 aliphatic rings. The minimum atomic E-state index is -3.58. The molecule has 2 aromatic carbocycles. The minimum Gasteiger partial charge on any atom is -0.493 e. The second-order valence-electron chi connectivity index (χ2n) is 6.45. The Kier molecular flexibility index (Phi) is 5.65. The van der Waals surface area contributed by atoms with Crippen LogP contribution in [0.1, 0.15) is 29.7 Å². The van der Waals surface area contributed by atoms with Crippen LogP contribution in [-0.4, -0.2) is 39.0 Å². The summed E-state index contributed by atoms with van der Waals surface area (Å²) in [5.74, 6) is 0.760. The van der Waals surface area contributed by atoms with Crippen LogP contribution in [0.5, 0.6) is 5.75 Å². The highest BCUT2D eigenvalue weighted by molar-refractivity contribution is 7.89. The summed E-state index contributed by atoms with van der Waals surface area (Å²) >= 11 is 0. The van der Waals surface area contributed by atoms with Gasteiger partial charge in [-0.3, -0.25) is 0 Å². The number of nitrogens with zero attached hydrogens (tertiary/aromatic N) is 1. The van der Waals surface area contributed by atoms with Gasteiger partial charge in [0.1, 0.15) is 5.75 Å². The first-order chi connectivity index (χ1) is 12.4. The predicted molar refractivity (Wildman–Crippen MR) is 101 cm³/mol. The van der Waals surface area contributed by atoms with Crippen LogP contribution < -0.4 is 4.74 Å². The van der Waals surface area contributed by atoms with Gasteiger partial charge in [0.15, 0.2) is 0 Å². The molecule has 140 valence electrons. The van der Waals surface area contributed by atoms with Gasteiger partial charge in [0.05, 0.1) is 24.2 Å². The summed E-state index contributed by atoms with van der Waals surface area (Å²) in [5.41, 5.74) is 2.66. The van der Waals surface area contributed by atoms with Crippen LogP contribution >= 0.6 is 0 Å². The van der Waals surface area contributed by atoms with E-state index in [0.29, 0.717) is 31.2 Å². The molecule has 0 aliphatic carbocycles. The zero-order chi connectivity index (χ0) is 18.7. The lowest BCUT2D eigenvalue weighted by Gasteiger charge is -2.32. The summed E-state index contributed by atoms with van der Waals surface area (Å²) in [6.45, 7) is 7.28. The van der Waals surface area contributed by atoms with Crippen LogP contribution in [0.25, 0.3) is 0 Å². The van der Waals surface area contributed by atoms with E-state index in [-0.39, 0.29) is 6.10 Å². The fourth-order valence-electron chi connectivity index (χ4n) is 3.29. The quantitative estimate of drug-likeness (QED) is 0.803. The first kappa shape index (κ1) is 18.9. The third-order valence-corrected chi connectivity index (χ3v) is 6.40. The minimum absolute atomic E-state index is 0.246. The summed E-state index contributed by atoms with van der Waals surface area (Å²) in [5, 5.41) is 0. The molecule has 0 saturated carbocycles. The molecule has 0 N–H and O–H groups in total. The number of morpholine rings is 1. The molecule has 0 bridgehead atoms. The maximum absolute atomic E-state index is 13.2. The van der Waals surface area contributed by atoms with Crippen molar-refractivity contribution in [1.29, 1.82) is 0 Å². The Hall–Kier alpha value is -1.89. The molecular formula is C20H25NO4S. The first-order valence-corrected chi connectivity index (χ1v) is 10.3. The molecule has 1 unspecified atom stereocenters. The first-order valence-electron chi connectivity index (χ1n) is 8.84. The van der Waals surface area contributed by atoms with Crippen molar-refractivity contribution < 1.29 is 17.9 Å². The van der Waals surface area contributed by atoms with Crippen LogP contribution in [0, 0.1) is 13.8 Å². The Labute approximate surface area is 155 Å². The molecule has 1 saturated heterocycles. The Bertz CT molecular complexity index is 842. The third kappa shape index (κ3) is 3.77. The highest BCUT2D eigenvalue weighted by Crippen LogP contribution is 2.31. The van der Waals surface area contributed by atoms with Crippen molar-refractivity contribution in [3.63, 3.8) is 0 Å². The van der Waals surface area contributed by atoms with Crippen molar-refractivity contribution >= 4 is 10.0 Å². The van der Waals surface area contributed by atoms with Crippen LogP contribution in [0.15, 0.2) is 47.4 Å². The van der Waals surface area contributed by atoms with Crippen molar-refractivity contribution in [2.75, 3.05) is 26.3 Å². The summed E-state index contributed by atoms with van der Waals surface area (Å²) in [7, 11) is -3.58. The van der Waals surface area contributed by atoms with Crippen LogP contribution in [0.2, 0.25) is 0 Å². The average molecular weight is 375 g/mol. The van der Waals surface area contributed by atoms with Crippen molar-refractivity contribution in [2.24, 2.45) is 0 Å². The molecule has 2 aromatic rings. The molecule has 6 heteroatoms. The highest BCUT2D eigenvalue weighted by atomic mass is 32.2. The van der Waals surface area contributed by atoms with Crippen molar-refractivity contribution in [3.8, 4) is 5.75 Å². The molecule has 0 radical (unpaired) electrons. The lowest BCUT2D eigenvalue weighted by atomic mass is 10.1. The molecular weight excluding hydrogens is 350 g/mol. The second-order valence-corrected chi connectivity index (χ2v) is 8.39. The molecule has 3 rings (SSSR count). The summed E-state index contributed by atoms with van der Waals surface area (Å²) in [6.07, 6.45) is -0.246. The van der Waals surface area contributed by atoms with Gasteiger partial charge in [-0.2, -0.15) is 4.31 Å². The molecule has 1 heterocycles. The Balaban J connectivity index is 1.88. The Morgan fingerprint density at radius 3 is 2.42 bits per heavy atom. The van der Waals surface area contributed by atoms with E-state index in [9.17, 15) is 8.42 Å². The molecule has 1 fully saturated rings. The largest absolute Gasteiger partial charge is 0.493 e. The number of hydrogen-bond acceptors (Lipinski definition) is 4. The van der Waals surface area contributed by atoms with Crippen molar-refractivity contribution in [2.45, 2.75) is 31.8 Å². The smallest absolute Gasteiger partial charge is 0.243 e. The number of rotatable bonds is 5. The second kappa shape index (κ2) is 7.78. The molecule has 1 aliphatic heterocycles. The van der Waals surface area contributed by atoms with Crippen LogP contribution in [-0.2, 0) is 14.8 Å². The van der Waals surface area contributed by atoms with Crippen LogP contribution in [0.4, 0.5) is 0 Å². The van der Waals surface area contributed by atoms with Crippen molar-refractivity contribution in [1.82, 2.24) is 4.31 Å². The lowest BCUT2D eigenvalue weighted by molar-refractivity contribution is -0.00255. The Morgan fingerprint density at radius 2 is 1.81 bits per heavy atom. The van der Waals surface area contributed by atoms with E-state index in [4.69, 9.17) is 9.47 Å². The fourth-order valence-corrected chi connectivity index (χ4v) is 4.89. The zero-order valence-electron chi connectivity index (χ0n) is 15.4. The van der Waals surface area contributed by atoms with E-state index in [0.717, 1.165) is 22.4 Å². The molecule has 1 atom stereocenters. The summed E-state index contributed by atoms with van der Waals surface area (Å²) < 4.78 is 39.3. The van der Waals surface area contributed by atoms with Gasteiger partial charge >= 0.3 is 0 Å². The summed E-state index contributed by atoms with van der Waals surface area (Å²) in [4.78, 5) is 0.310. The van der Waals surface area contributed by atoms with E-state index in [2.05, 4.69) is 0 Å². The molecule has 26 heavy (non-hydrogen) atoms. The van der Waals surface area contributed by atoms with E-state index >= 15 is 0 Å². The normalized spacial score (nSPS) is 18.7. The standard InChI is InChI=1S/C20H25NO4S/c1-4-24-20-15(2)12-18(13-16(20)3)26(22,23)21-10-11-25-19(14-21)17-8-6-5-7-9-17/h5-9,12-13,19H,4,10-11,14H2,1-3H3. The van der Waals surface area contributed by atoms with Gasteiger partial charge in [-0.25, -0.2) is 8.42 Å².